The van der Waals surface area contributed by atoms with Crippen molar-refractivity contribution in [2.45, 2.75) is 0 Å². The molecular weight excluding hydrogens is 454 g/mol. The lowest BCUT2D eigenvalue weighted by Crippen LogP contribution is -2.11. The van der Waals surface area contributed by atoms with Gasteiger partial charge in [0.25, 0.3) is 0 Å². The summed E-state index contributed by atoms with van der Waals surface area (Å²) in [7, 11) is 3.56. The molecule has 0 atom stereocenters. The van der Waals surface area contributed by atoms with Gasteiger partial charge in [-0.2, -0.15) is 0 Å². The quantitative estimate of drug-likeness (QED) is 0.265. The molecule has 6 nitrogen and oxygen atoms in total. The number of carbonyl (C=O) groups excluding carboxylic acids is 2. The van der Waals surface area contributed by atoms with E-state index in [2.05, 4.69) is 0 Å². The van der Waals surface area contributed by atoms with E-state index in [0.717, 1.165) is 22.2 Å². The van der Waals surface area contributed by atoms with Gasteiger partial charge in [0.1, 0.15) is 17.2 Å². The van der Waals surface area contributed by atoms with Gasteiger partial charge >= 0.3 is 0 Å². The maximum atomic E-state index is 12.9. The van der Waals surface area contributed by atoms with Crippen LogP contribution in [0.5, 0.6) is 17.2 Å². The first-order valence-electron chi connectivity index (χ1n) is 10.6. The van der Waals surface area contributed by atoms with Crippen LogP contribution in [-0.4, -0.2) is 29.9 Å². The average molecular weight is 474 g/mol. The van der Waals surface area contributed by atoms with Gasteiger partial charge in [0.05, 0.1) is 12.7 Å². The summed E-state index contributed by atoms with van der Waals surface area (Å²) in [5.74, 6) is 1.39. The Morgan fingerprint density at radius 3 is 2.59 bits per heavy atom. The molecule has 1 aliphatic heterocycles. The Kier molecular flexibility index (Phi) is 5.59. The predicted octanol–water partition coefficient (Wildman–Crippen LogP) is 5.72. The summed E-state index contributed by atoms with van der Waals surface area (Å²) in [6, 6.07) is 17.3. The third-order valence-corrected chi connectivity index (χ3v) is 5.94. The Balaban J connectivity index is 1.36. The Labute approximate surface area is 200 Å². The van der Waals surface area contributed by atoms with Crippen LogP contribution in [0.4, 0.5) is 0 Å². The van der Waals surface area contributed by atoms with Crippen LogP contribution in [0, 0.1) is 0 Å². The van der Waals surface area contributed by atoms with Crippen molar-refractivity contribution >= 4 is 40.1 Å². The van der Waals surface area contributed by atoms with Crippen LogP contribution in [0.2, 0.25) is 5.02 Å². The third kappa shape index (κ3) is 4.04. The van der Waals surface area contributed by atoms with Crippen molar-refractivity contribution in [2.24, 2.45) is 7.05 Å². The summed E-state index contributed by atoms with van der Waals surface area (Å²) in [6.45, 7) is -0.144. The molecule has 0 saturated carbocycles. The fraction of sp³-hybridized carbons (Fsp3) is 0.111. The van der Waals surface area contributed by atoms with Crippen molar-refractivity contribution in [1.82, 2.24) is 4.57 Å². The Morgan fingerprint density at radius 1 is 1.06 bits per heavy atom. The van der Waals surface area contributed by atoms with E-state index >= 15 is 0 Å². The van der Waals surface area contributed by atoms with Gasteiger partial charge in [-0.25, -0.2) is 0 Å². The Morgan fingerprint density at radius 2 is 1.82 bits per heavy atom. The molecule has 1 aromatic heterocycles. The fourth-order valence-corrected chi connectivity index (χ4v) is 4.04. The molecule has 0 bridgehead atoms. The molecule has 5 rings (SSSR count). The number of allylic oxidation sites excluding steroid dienone is 1. The largest absolute Gasteiger partial charge is 0.497 e. The van der Waals surface area contributed by atoms with Gasteiger partial charge < -0.3 is 18.8 Å². The van der Waals surface area contributed by atoms with Gasteiger partial charge in [-0.15, -0.1) is 0 Å². The molecule has 0 fully saturated rings. The SMILES string of the molecule is COc1ccc2c(c1)c(/C=C1\Oc3cc(OCC(=O)c4ccc(Cl)cc4)ccc3C1=O)cn2C. The van der Waals surface area contributed by atoms with Crippen LogP contribution in [-0.2, 0) is 7.05 Å². The second kappa shape index (κ2) is 8.72. The maximum Gasteiger partial charge on any atom is 0.231 e. The second-order valence-electron chi connectivity index (χ2n) is 7.89. The zero-order chi connectivity index (χ0) is 23.8. The predicted molar refractivity (Wildman–Crippen MR) is 130 cm³/mol. The minimum Gasteiger partial charge on any atom is -0.497 e. The molecule has 0 N–H and O–H groups in total. The summed E-state index contributed by atoms with van der Waals surface area (Å²) in [5.41, 5.74) is 2.81. The highest BCUT2D eigenvalue weighted by Gasteiger charge is 2.28. The first-order chi connectivity index (χ1) is 16.4. The van der Waals surface area contributed by atoms with E-state index in [1.807, 2.05) is 36.0 Å². The minimum absolute atomic E-state index is 0.144. The number of hydrogen-bond acceptors (Lipinski definition) is 5. The fourth-order valence-electron chi connectivity index (χ4n) is 3.91. The van der Waals surface area contributed by atoms with Crippen molar-refractivity contribution in [3.8, 4) is 17.2 Å². The van der Waals surface area contributed by atoms with Gasteiger partial charge in [0.15, 0.2) is 18.1 Å². The normalized spacial score (nSPS) is 13.7. The van der Waals surface area contributed by atoms with E-state index in [0.29, 0.717) is 27.6 Å². The van der Waals surface area contributed by atoms with E-state index in [9.17, 15) is 9.59 Å². The van der Waals surface area contributed by atoms with Gasteiger partial charge in [0, 0.05) is 46.4 Å². The standard InChI is InChI=1S/C27H20ClNO5/c1-29-14-17(22-12-19(32-2)8-10-23(22)29)11-26-27(31)21-9-7-20(13-25(21)34-26)33-15-24(30)16-3-5-18(28)6-4-16/h3-14H,15H2,1-2H3/b26-11-. The number of Topliss-reactive ketones (excluding diaryl/α,β-unsaturated/α-hetero) is 2. The molecule has 2 heterocycles. The van der Waals surface area contributed by atoms with E-state index < -0.39 is 0 Å². The van der Waals surface area contributed by atoms with Crippen LogP contribution in [0.3, 0.4) is 0 Å². The van der Waals surface area contributed by atoms with Crippen molar-refractivity contribution in [3.05, 3.63) is 94.3 Å². The van der Waals surface area contributed by atoms with Crippen molar-refractivity contribution in [3.63, 3.8) is 0 Å². The van der Waals surface area contributed by atoms with Crippen molar-refractivity contribution in [1.29, 1.82) is 0 Å². The van der Waals surface area contributed by atoms with Crippen LogP contribution in [0.15, 0.2) is 72.6 Å². The smallest absolute Gasteiger partial charge is 0.231 e. The molecule has 0 aliphatic carbocycles. The topological polar surface area (TPSA) is 66.8 Å². The Hall–Kier alpha value is -4.03. The number of benzene rings is 3. The molecule has 0 saturated heterocycles. The highest BCUT2D eigenvalue weighted by Crippen LogP contribution is 2.36. The monoisotopic (exact) mass is 473 g/mol. The molecule has 7 heteroatoms. The molecule has 0 spiro atoms. The lowest BCUT2D eigenvalue weighted by molar-refractivity contribution is 0.0921. The number of fused-ring (bicyclic) bond motifs is 2. The first kappa shape index (κ1) is 21.8. The van der Waals surface area contributed by atoms with Gasteiger partial charge in [-0.1, -0.05) is 11.6 Å². The summed E-state index contributed by atoms with van der Waals surface area (Å²) in [5, 5.41) is 1.51. The molecule has 0 amide bonds. The van der Waals surface area contributed by atoms with Crippen LogP contribution < -0.4 is 14.2 Å². The first-order valence-corrected chi connectivity index (χ1v) is 10.9. The number of ether oxygens (including phenoxy) is 3. The number of halogens is 1. The van der Waals surface area contributed by atoms with Gasteiger partial charge in [-0.3, -0.25) is 9.59 Å². The third-order valence-electron chi connectivity index (χ3n) is 5.69. The van der Waals surface area contributed by atoms with Crippen molar-refractivity contribution < 1.29 is 23.8 Å². The number of aryl methyl sites for hydroxylation is 1. The van der Waals surface area contributed by atoms with Crippen LogP contribution >= 0.6 is 11.6 Å². The number of hydrogen-bond donors (Lipinski definition) is 0. The lowest BCUT2D eigenvalue weighted by atomic mass is 10.1. The highest BCUT2D eigenvalue weighted by atomic mass is 35.5. The van der Waals surface area contributed by atoms with E-state index in [4.69, 9.17) is 25.8 Å². The number of rotatable bonds is 6. The van der Waals surface area contributed by atoms with E-state index in [1.54, 1.807) is 55.7 Å². The lowest BCUT2D eigenvalue weighted by Gasteiger charge is -2.07. The zero-order valence-electron chi connectivity index (χ0n) is 18.5. The Bertz CT molecular complexity index is 1470. The molecule has 170 valence electrons. The summed E-state index contributed by atoms with van der Waals surface area (Å²) < 4.78 is 18.8. The second-order valence-corrected chi connectivity index (χ2v) is 8.33. The zero-order valence-corrected chi connectivity index (χ0v) is 19.3. The average Bonchev–Trinajstić information content (AvgIpc) is 3.33. The number of nitrogens with zero attached hydrogens (tertiary/aromatic N) is 1. The number of aromatic nitrogens is 1. The summed E-state index contributed by atoms with van der Waals surface area (Å²) in [6.07, 6.45) is 3.67. The minimum atomic E-state index is -0.210. The molecule has 0 unspecified atom stereocenters. The van der Waals surface area contributed by atoms with Crippen LogP contribution in [0.1, 0.15) is 26.3 Å². The summed E-state index contributed by atoms with van der Waals surface area (Å²) >= 11 is 5.87. The molecule has 34 heavy (non-hydrogen) atoms. The van der Waals surface area contributed by atoms with Gasteiger partial charge in [0.2, 0.25) is 5.78 Å². The molecular formula is C27H20ClNO5. The molecule has 4 aromatic rings. The summed E-state index contributed by atoms with van der Waals surface area (Å²) in [4.78, 5) is 25.3. The van der Waals surface area contributed by atoms with Crippen LogP contribution in [0.25, 0.3) is 17.0 Å². The molecule has 1 aliphatic rings. The van der Waals surface area contributed by atoms with Gasteiger partial charge in [-0.05, 0) is 60.7 Å². The maximum absolute atomic E-state index is 12.9. The highest BCUT2D eigenvalue weighted by molar-refractivity contribution is 6.30. The number of methoxy groups -OCH3 is 1. The van der Waals surface area contributed by atoms with E-state index in [-0.39, 0.29) is 23.9 Å². The number of ketones is 2. The molecule has 0 radical (unpaired) electrons. The number of carbonyl (C=O) groups is 2. The molecule has 3 aromatic carbocycles. The van der Waals surface area contributed by atoms with E-state index in [1.165, 1.54) is 0 Å². The van der Waals surface area contributed by atoms with Crippen molar-refractivity contribution in [2.75, 3.05) is 13.7 Å².